The molecule has 7 nitrogen and oxygen atoms in total. The normalized spacial score (nSPS) is 26.5. The zero-order valence-electron chi connectivity index (χ0n) is 16.2. The molecule has 0 bridgehead atoms. The van der Waals surface area contributed by atoms with Gasteiger partial charge in [-0.05, 0) is 31.1 Å². The second-order valence-electron chi connectivity index (χ2n) is 7.93. The van der Waals surface area contributed by atoms with Crippen LogP contribution < -0.4 is 10.6 Å². The van der Waals surface area contributed by atoms with Gasteiger partial charge >= 0.3 is 6.03 Å². The second-order valence-corrected chi connectivity index (χ2v) is 8.85. The van der Waals surface area contributed by atoms with E-state index in [2.05, 4.69) is 34.7 Å². The molecule has 0 saturated heterocycles. The first-order valence-electron chi connectivity index (χ1n) is 10.1. The minimum atomic E-state index is -0.417. The summed E-state index contributed by atoms with van der Waals surface area (Å²) < 4.78 is 5.69. The molecular formula is C19H30N4O3S. The summed E-state index contributed by atoms with van der Waals surface area (Å²) in [5.41, 5.74) is 0. The largest absolute Gasteiger partial charge is 0.416 e. The Balaban J connectivity index is 1.40. The highest BCUT2D eigenvalue weighted by atomic mass is 32.2. The number of hydrogen-bond acceptors (Lipinski definition) is 6. The Morgan fingerprint density at radius 1 is 1.07 bits per heavy atom. The molecule has 2 fully saturated rings. The van der Waals surface area contributed by atoms with E-state index >= 15 is 0 Å². The molecule has 8 heteroatoms. The number of nitrogens with one attached hydrogen (secondary N) is 2. The standard InChI is InChI=1S/C19H30N4O3S/c1-12-7-6-10-15(13(12)2)20-18(25)21-16(24)11-27-19-23-22-17(26-19)14-8-4-3-5-9-14/h12-15H,3-11H2,1-2H3,(H2,20,21,24,25)/t12-,13+,15+/m1/s1. The SMILES string of the molecule is C[C@H]1[C@H](C)CCC[C@@H]1NC(=O)NC(=O)CSc1nnc(C2CCCCC2)o1. The van der Waals surface area contributed by atoms with Gasteiger partial charge in [0.05, 0.1) is 5.75 Å². The van der Waals surface area contributed by atoms with Crippen LogP contribution in [0.4, 0.5) is 4.79 Å². The van der Waals surface area contributed by atoms with Crippen LogP contribution >= 0.6 is 11.8 Å². The first kappa shape index (κ1) is 20.2. The second kappa shape index (κ2) is 9.57. The van der Waals surface area contributed by atoms with Crippen LogP contribution in [0.25, 0.3) is 0 Å². The summed E-state index contributed by atoms with van der Waals surface area (Å²) in [6.45, 7) is 4.37. The van der Waals surface area contributed by atoms with Crippen LogP contribution in [0, 0.1) is 11.8 Å². The molecule has 0 radical (unpaired) electrons. The number of aromatic nitrogens is 2. The molecule has 2 N–H and O–H groups in total. The van der Waals surface area contributed by atoms with Crippen molar-refractivity contribution in [2.24, 2.45) is 11.8 Å². The highest BCUT2D eigenvalue weighted by Crippen LogP contribution is 2.33. The summed E-state index contributed by atoms with van der Waals surface area (Å²) >= 11 is 1.17. The van der Waals surface area contributed by atoms with E-state index < -0.39 is 6.03 Å². The zero-order valence-corrected chi connectivity index (χ0v) is 17.0. The van der Waals surface area contributed by atoms with Crippen LogP contribution in [0.2, 0.25) is 0 Å². The van der Waals surface area contributed by atoms with Gasteiger partial charge in [0.2, 0.25) is 11.8 Å². The predicted molar refractivity (Wildman–Crippen MR) is 103 cm³/mol. The van der Waals surface area contributed by atoms with Crippen molar-refractivity contribution in [3.05, 3.63) is 5.89 Å². The molecular weight excluding hydrogens is 364 g/mol. The van der Waals surface area contributed by atoms with Gasteiger partial charge in [-0.3, -0.25) is 10.1 Å². The molecule has 2 saturated carbocycles. The van der Waals surface area contributed by atoms with Crippen molar-refractivity contribution in [1.29, 1.82) is 0 Å². The fourth-order valence-corrected chi connectivity index (χ4v) is 4.64. The summed E-state index contributed by atoms with van der Waals surface area (Å²) in [6, 6.07) is -0.289. The maximum absolute atomic E-state index is 12.1. The average molecular weight is 395 g/mol. The molecule has 1 aromatic rings. The van der Waals surface area contributed by atoms with Gasteiger partial charge in [-0.1, -0.05) is 57.7 Å². The molecule has 0 unspecified atom stereocenters. The van der Waals surface area contributed by atoms with Crippen molar-refractivity contribution in [2.75, 3.05) is 5.75 Å². The maximum Gasteiger partial charge on any atom is 0.321 e. The first-order valence-corrected chi connectivity index (χ1v) is 11.1. The van der Waals surface area contributed by atoms with Crippen LogP contribution in [-0.2, 0) is 4.79 Å². The number of nitrogens with zero attached hydrogens (tertiary/aromatic N) is 2. The van der Waals surface area contributed by atoms with E-state index in [0.29, 0.717) is 28.9 Å². The molecule has 0 spiro atoms. The van der Waals surface area contributed by atoms with Crippen molar-refractivity contribution in [2.45, 2.75) is 82.4 Å². The molecule has 1 heterocycles. The van der Waals surface area contributed by atoms with Crippen LogP contribution in [0.1, 0.15) is 77.0 Å². The van der Waals surface area contributed by atoms with Crippen molar-refractivity contribution < 1.29 is 14.0 Å². The summed E-state index contributed by atoms with van der Waals surface area (Å²) in [5.74, 6) is 1.76. The Morgan fingerprint density at radius 3 is 2.63 bits per heavy atom. The minimum Gasteiger partial charge on any atom is -0.416 e. The number of rotatable bonds is 5. The van der Waals surface area contributed by atoms with Crippen LogP contribution in [0.3, 0.4) is 0 Å². The lowest BCUT2D eigenvalue weighted by Gasteiger charge is -2.34. The van der Waals surface area contributed by atoms with Gasteiger partial charge in [0.15, 0.2) is 0 Å². The molecule has 150 valence electrons. The van der Waals surface area contributed by atoms with E-state index in [0.717, 1.165) is 25.7 Å². The predicted octanol–water partition coefficient (Wildman–Crippen LogP) is 3.86. The molecule has 3 rings (SSSR count). The third-order valence-electron chi connectivity index (χ3n) is 5.98. The molecule has 2 aliphatic rings. The fourth-order valence-electron chi connectivity index (χ4n) is 4.07. The van der Waals surface area contributed by atoms with Crippen molar-refractivity contribution >= 4 is 23.7 Å². The molecule has 0 aliphatic heterocycles. The van der Waals surface area contributed by atoms with Gasteiger partial charge in [-0.25, -0.2) is 4.79 Å². The average Bonchev–Trinajstić information content (AvgIpc) is 3.14. The number of amides is 3. The van der Waals surface area contributed by atoms with Crippen molar-refractivity contribution in [1.82, 2.24) is 20.8 Å². The van der Waals surface area contributed by atoms with Gasteiger partial charge in [0.25, 0.3) is 5.22 Å². The fraction of sp³-hybridized carbons (Fsp3) is 0.789. The van der Waals surface area contributed by atoms with E-state index in [-0.39, 0.29) is 17.7 Å². The van der Waals surface area contributed by atoms with E-state index in [4.69, 9.17) is 4.42 Å². The third kappa shape index (κ3) is 5.70. The lowest BCUT2D eigenvalue weighted by Crippen LogP contribution is -2.49. The maximum atomic E-state index is 12.1. The summed E-state index contributed by atoms with van der Waals surface area (Å²) in [7, 11) is 0. The minimum absolute atomic E-state index is 0.0797. The smallest absolute Gasteiger partial charge is 0.321 e. The number of imide groups is 1. The van der Waals surface area contributed by atoms with E-state index in [9.17, 15) is 9.59 Å². The van der Waals surface area contributed by atoms with Crippen LogP contribution in [0.15, 0.2) is 9.64 Å². The molecule has 3 amide bonds. The topological polar surface area (TPSA) is 97.1 Å². The molecule has 1 aromatic heterocycles. The number of thioether (sulfide) groups is 1. The Hall–Kier alpha value is -1.57. The first-order chi connectivity index (χ1) is 13.0. The summed E-state index contributed by atoms with van der Waals surface area (Å²) in [5, 5.41) is 13.9. The van der Waals surface area contributed by atoms with Gasteiger partial charge in [0, 0.05) is 12.0 Å². The number of carbonyl (C=O) groups excluding carboxylic acids is 2. The van der Waals surface area contributed by atoms with E-state index in [1.54, 1.807) is 0 Å². The Kier molecular flexibility index (Phi) is 7.15. The quantitative estimate of drug-likeness (QED) is 0.736. The van der Waals surface area contributed by atoms with Crippen molar-refractivity contribution in [3.8, 4) is 0 Å². The monoisotopic (exact) mass is 394 g/mol. The van der Waals surface area contributed by atoms with E-state index in [1.165, 1.54) is 37.4 Å². The molecule has 3 atom stereocenters. The van der Waals surface area contributed by atoms with Crippen LogP contribution in [0.5, 0.6) is 0 Å². The highest BCUT2D eigenvalue weighted by molar-refractivity contribution is 7.99. The molecule has 27 heavy (non-hydrogen) atoms. The summed E-state index contributed by atoms with van der Waals surface area (Å²) in [4.78, 5) is 24.1. The summed E-state index contributed by atoms with van der Waals surface area (Å²) in [6.07, 6.45) is 9.12. The van der Waals surface area contributed by atoms with Gasteiger partial charge in [0.1, 0.15) is 0 Å². The lowest BCUT2D eigenvalue weighted by molar-refractivity contribution is -0.117. The Morgan fingerprint density at radius 2 is 1.85 bits per heavy atom. The molecule has 0 aromatic carbocycles. The Labute approximate surface area is 164 Å². The lowest BCUT2D eigenvalue weighted by atomic mass is 9.78. The third-order valence-corrected chi connectivity index (χ3v) is 6.80. The van der Waals surface area contributed by atoms with Gasteiger partial charge in [-0.15, -0.1) is 10.2 Å². The highest BCUT2D eigenvalue weighted by Gasteiger charge is 2.28. The number of urea groups is 1. The van der Waals surface area contributed by atoms with E-state index in [1.807, 2.05) is 0 Å². The molecule has 2 aliphatic carbocycles. The van der Waals surface area contributed by atoms with Crippen molar-refractivity contribution in [3.63, 3.8) is 0 Å². The number of hydrogen-bond donors (Lipinski definition) is 2. The zero-order chi connectivity index (χ0) is 19.2. The van der Waals surface area contributed by atoms with Gasteiger partial charge in [-0.2, -0.15) is 0 Å². The number of carbonyl (C=O) groups is 2. The van der Waals surface area contributed by atoms with Crippen LogP contribution in [-0.4, -0.2) is 33.9 Å². The Bertz CT molecular complexity index is 645. The van der Waals surface area contributed by atoms with Gasteiger partial charge < -0.3 is 9.73 Å².